The van der Waals surface area contributed by atoms with E-state index in [0.717, 1.165) is 24.9 Å². The maximum atomic E-state index is 12.5. The highest BCUT2D eigenvalue weighted by molar-refractivity contribution is 5.86. The lowest BCUT2D eigenvalue weighted by Crippen LogP contribution is -2.57. The van der Waals surface area contributed by atoms with Gasteiger partial charge in [0.25, 0.3) is 0 Å². The van der Waals surface area contributed by atoms with E-state index in [9.17, 15) is 4.79 Å². The Bertz CT molecular complexity index is 688. The third-order valence-corrected chi connectivity index (χ3v) is 4.47. The van der Waals surface area contributed by atoms with Gasteiger partial charge >= 0.3 is 0 Å². The highest BCUT2D eigenvalue weighted by Gasteiger charge is 2.47. The van der Waals surface area contributed by atoms with Crippen molar-refractivity contribution >= 4 is 5.91 Å². The fraction of sp³-hybridized carbons (Fsp3) is 0.471. The second-order valence-electron chi connectivity index (χ2n) is 5.94. The lowest BCUT2D eigenvalue weighted by atomic mass is 9.96. The highest BCUT2D eigenvalue weighted by atomic mass is 16.5. The number of methoxy groups -OCH3 is 1. The van der Waals surface area contributed by atoms with Crippen LogP contribution in [0, 0.1) is 0 Å². The second kappa shape index (κ2) is 7.11. The third-order valence-electron chi connectivity index (χ3n) is 4.47. The van der Waals surface area contributed by atoms with Crippen molar-refractivity contribution in [2.45, 2.75) is 24.9 Å². The smallest absolute Gasteiger partial charge is 0.247 e. The predicted molar refractivity (Wildman–Crippen MR) is 88.1 cm³/mol. The van der Waals surface area contributed by atoms with Gasteiger partial charge < -0.3 is 14.5 Å². The molecule has 24 heavy (non-hydrogen) atoms. The van der Waals surface area contributed by atoms with Crippen molar-refractivity contribution in [3.05, 3.63) is 36.2 Å². The van der Waals surface area contributed by atoms with E-state index >= 15 is 0 Å². The molecule has 0 aliphatic carbocycles. The van der Waals surface area contributed by atoms with E-state index in [1.165, 1.54) is 0 Å². The van der Waals surface area contributed by atoms with E-state index in [2.05, 4.69) is 20.4 Å². The molecule has 0 bridgehead atoms. The van der Waals surface area contributed by atoms with Crippen LogP contribution in [-0.2, 0) is 16.1 Å². The standard InChI is InChI=1S/C17H22N4O3/c1-18-16(22)17(12-23-2)9-6-10-21(17)11-14-19-20-15(24-14)13-7-4-3-5-8-13/h3-5,7-8H,6,9-12H2,1-2H3,(H,18,22). The Hall–Kier alpha value is -2.25. The van der Waals surface area contributed by atoms with Crippen molar-refractivity contribution < 1.29 is 13.9 Å². The number of nitrogens with one attached hydrogen (secondary N) is 1. The molecule has 7 heteroatoms. The summed E-state index contributed by atoms with van der Waals surface area (Å²) in [7, 11) is 3.26. The molecule has 1 unspecified atom stereocenters. The Kier molecular flexibility index (Phi) is 4.92. The fourth-order valence-electron chi connectivity index (χ4n) is 3.30. The molecule has 1 saturated heterocycles. The first kappa shape index (κ1) is 16.6. The molecule has 1 atom stereocenters. The van der Waals surface area contributed by atoms with Gasteiger partial charge in [0.15, 0.2) is 0 Å². The molecule has 0 saturated carbocycles. The van der Waals surface area contributed by atoms with E-state index in [0.29, 0.717) is 24.9 Å². The zero-order valence-electron chi connectivity index (χ0n) is 14.0. The minimum absolute atomic E-state index is 0.0374. The molecular weight excluding hydrogens is 308 g/mol. The van der Waals surface area contributed by atoms with Gasteiger partial charge in [-0.3, -0.25) is 9.69 Å². The average Bonchev–Trinajstić information content (AvgIpc) is 3.24. The maximum Gasteiger partial charge on any atom is 0.247 e. The molecule has 2 aromatic rings. The number of carbonyl (C=O) groups is 1. The first-order chi connectivity index (χ1) is 11.7. The minimum Gasteiger partial charge on any atom is -0.419 e. The summed E-state index contributed by atoms with van der Waals surface area (Å²) in [5.41, 5.74) is 0.206. The number of ether oxygens (including phenoxy) is 1. The lowest BCUT2D eigenvalue weighted by Gasteiger charge is -2.35. The van der Waals surface area contributed by atoms with Gasteiger partial charge in [-0.2, -0.15) is 0 Å². The van der Waals surface area contributed by atoms with Crippen LogP contribution in [0.4, 0.5) is 0 Å². The van der Waals surface area contributed by atoms with Crippen molar-refractivity contribution in [1.82, 2.24) is 20.4 Å². The number of carbonyl (C=O) groups excluding carboxylic acids is 1. The molecule has 3 rings (SSSR count). The Morgan fingerprint density at radius 2 is 2.17 bits per heavy atom. The van der Waals surface area contributed by atoms with Crippen LogP contribution in [0.1, 0.15) is 18.7 Å². The Labute approximate surface area is 141 Å². The molecule has 1 fully saturated rings. The number of rotatable bonds is 6. The summed E-state index contributed by atoms with van der Waals surface area (Å²) in [5.74, 6) is 0.951. The van der Waals surface area contributed by atoms with Gasteiger partial charge in [-0.05, 0) is 31.5 Å². The number of likely N-dealkylation sites (N-methyl/N-ethyl adjacent to an activating group) is 1. The summed E-state index contributed by atoms with van der Waals surface area (Å²) < 4.78 is 11.1. The van der Waals surface area contributed by atoms with Crippen LogP contribution in [0.15, 0.2) is 34.7 Å². The molecule has 1 amide bonds. The average molecular weight is 330 g/mol. The lowest BCUT2D eigenvalue weighted by molar-refractivity contribution is -0.135. The molecule has 1 aliphatic rings. The van der Waals surface area contributed by atoms with Crippen molar-refractivity contribution in [3.8, 4) is 11.5 Å². The Balaban J connectivity index is 1.80. The molecule has 0 spiro atoms. The van der Waals surface area contributed by atoms with Crippen LogP contribution >= 0.6 is 0 Å². The van der Waals surface area contributed by atoms with Gasteiger partial charge in [-0.1, -0.05) is 18.2 Å². The van der Waals surface area contributed by atoms with E-state index in [4.69, 9.17) is 9.15 Å². The van der Waals surface area contributed by atoms with Gasteiger partial charge in [0.1, 0.15) is 5.54 Å². The summed E-state index contributed by atoms with van der Waals surface area (Å²) in [5, 5.41) is 11.0. The maximum absolute atomic E-state index is 12.5. The highest BCUT2D eigenvalue weighted by Crippen LogP contribution is 2.32. The van der Waals surface area contributed by atoms with Gasteiger partial charge in [0.2, 0.25) is 17.7 Å². The Morgan fingerprint density at radius 3 is 2.88 bits per heavy atom. The second-order valence-corrected chi connectivity index (χ2v) is 5.94. The number of hydrogen-bond donors (Lipinski definition) is 1. The molecule has 7 nitrogen and oxygen atoms in total. The monoisotopic (exact) mass is 330 g/mol. The molecule has 2 heterocycles. The van der Waals surface area contributed by atoms with Crippen LogP contribution in [0.2, 0.25) is 0 Å². The number of aromatic nitrogens is 2. The quantitative estimate of drug-likeness (QED) is 0.864. The number of benzene rings is 1. The van der Waals surface area contributed by atoms with Crippen molar-refractivity contribution in [2.24, 2.45) is 0 Å². The number of likely N-dealkylation sites (tertiary alicyclic amines) is 1. The van der Waals surface area contributed by atoms with E-state index in [-0.39, 0.29) is 5.91 Å². The molecule has 1 N–H and O–H groups in total. The summed E-state index contributed by atoms with van der Waals surface area (Å²) >= 11 is 0. The summed E-state index contributed by atoms with van der Waals surface area (Å²) in [6.07, 6.45) is 1.68. The van der Waals surface area contributed by atoms with Crippen LogP contribution in [0.3, 0.4) is 0 Å². The van der Waals surface area contributed by atoms with Crippen LogP contribution < -0.4 is 5.32 Å². The van der Waals surface area contributed by atoms with Crippen LogP contribution in [0.5, 0.6) is 0 Å². The number of nitrogens with zero attached hydrogens (tertiary/aromatic N) is 3. The molecule has 1 aliphatic heterocycles. The van der Waals surface area contributed by atoms with Crippen molar-refractivity contribution in [2.75, 3.05) is 27.3 Å². The first-order valence-corrected chi connectivity index (χ1v) is 8.03. The van der Waals surface area contributed by atoms with E-state index < -0.39 is 5.54 Å². The summed E-state index contributed by atoms with van der Waals surface area (Å²) in [6.45, 7) is 1.56. The topological polar surface area (TPSA) is 80.5 Å². The van der Waals surface area contributed by atoms with Gasteiger partial charge in [-0.15, -0.1) is 10.2 Å². The fourth-order valence-corrected chi connectivity index (χ4v) is 3.30. The Morgan fingerprint density at radius 1 is 1.38 bits per heavy atom. The first-order valence-electron chi connectivity index (χ1n) is 8.03. The largest absolute Gasteiger partial charge is 0.419 e. The summed E-state index contributed by atoms with van der Waals surface area (Å²) in [6, 6.07) is 9.64. The van der Waals surface area contributed by atoms with Crippen molar-refractivity contribution in [1.29, 1.82) is 0 Å². The zero-order chi connectivity index (χ0) is 17.0. The van der Waals surface area contributed by atoms with Crippen LogP contribution in [-0.4, -0.2) is 53.9 Å². The number of hydrogen-bond acceptors (Lipinski definition) is 6. The SMILES string of the molecule is CNC(=O)C1(COC)CCCN1Cc1nnc(-c2ccccc2)o1. The van der Waals surface area contributed by atoms with Crippen LogP contribution in [0.25, 0.3) is 11.5 Å². The predicted octanol–water partition coefficient (Wildman–Crippen LogP) is 1.46. The minimum atomic E-state index is -0.676. The van der Waals surface area contributed by atoms with E-state index in [1.807, 2.05) is 30.3 Å². The van der Waals surface area contributed by atoms with Crippen molar-refractivity contribution in [3.63, 3.8) is 0 Å². The zero-order valence-corrected chi connectivity index (χ0v) is 14.0. The number of amides is 1. The van der Waals surface area contributed by atoms with Gasteiger partial charge in [0, 0.05) is 19.7 Å². The van der Waals surface area contributed by atoms with E-state index in [1.54, 1.807) is 14.2 Å². The molecule has 1 aromatic carbocycles. The third kappa shape index (κ3) is 3.05. The molecule has 0 radical (unpaired) electrons. The molecular formula is C17H22N4O3. The summed E-state index contributed by atoms with van der Waals surface area (Å²) in [4.78, 5) is 14.5. The molecule has 128 valence electrons. The molecule has 1 aromatic heterocycles. The van der Waals surface area contributed by atoms with Gasteiger partial charge in [0.05, 0.1) is 13.2 Å². The normalized spacial score (nSPS) is 21.1. The van der Waals surface area contributed by atoms with Gasteiger partial charge in [-0.25, -0.2) is 0 Å².